The van der Waals surface area contributed by atoms with Gasteiger partial charge in [-0.1, -0.05) is 12.8 Å². The summed E-state index contributed by atoms with van der Waals surface area (Å²) in [5, 5.41) is 3.26. The van der Waals surface area contributed by atoms with Crippen molar-refractivity contribution in [1.29, 1.82) is 0 Å². The number of hydrogen-bond donors (Lipinski definition) is 1. The van der Waals surface area contributed by atoms with E-state index < -0.39 is 5.54 Å². The van der Waals surface area contributed by atoms with Crippen LogP contribution in [0.25, 0.3) is 11.5 Å². The van der Waals surface area contributed by atoms with E-state index in [0.29, 0.717) is 24.5 Å². The zero-order valence-electron chi connectivity index (χ0n) is 19.4. The molecule has 33 heavy (non-hydrogen) atoms. The third-order valence-corrected chi connectivity index (χ3v) is 7.42. The van der Waals surface area contributed by atoms with Crippen molar-refractivity contribution in [2.75, 3.05) is 39.4 Å². The normalized spacial score (nSPS) is 24.3. The lowest BCUT2D eigenvalue weighted by atomic mass is 9.93. The van der Waals surface area contributed by atoms with Crippen LogP contribution in [0.1, 0.15) is 49.5 Å². The monoisotopic (exact) mass is 454 g/mol. The molecule has 0 radical (unpaired) electrons. The molecular weight excluding hydrogens is 420 g/mol. The third kappa shape index (κ3) is 4.34. The number of amides is 2. The van der Waals surface area contributed by atoms with E-state index in [1.807, 2.05) is 35.8 Å². The van der Waals surface area contributed by atoms with Gasteiger partial charge in [0.25, 0.3) is 5.91 Å². The second-order valence-electron chi connectivity index (χ2n) is 9.66. The minimum atomic E-state index is -0.960. The van der Waals surface area contributed by atoms with Crippen molar-refractivity contribution < 1.29 is 18.7 Å². The van der Waals surface area contributed by atoms with Crippen LogP contribution in [0.15, 0.2) is 34.9 Å². The SMILES string of the molecule is C[C@]1(C(=O)NC2CCCC2)Cn2c(ccc2-c2ccco2)C(=O)N1CCCN1CCOCC1. The van der Waals surface area contributed by atoms with E-state index in [2.05, 4.69) is 10.2 Å². The largest absolute Gasteiger partial charge is 0.463 e. The van der Waals surface area contributed by atoms with Crippen molar-refractivity contribution in [1.82, 2.24) is 19.7 Å². The maximum atomic E-state index is 13.7. The number of furan rings is 1. The molecule has 3 aliphatic rings. The summed E-state index contributed by atoms with van der Waals surface area (Å²) in [5.41, 5.74) is 0.480. The molecule has 1 saturated heterocycles. The van der Waals surface area contributed by atoms with Crippen LogP contribution in [-0.4, -0.2) is 77.2 Å². The molecule has 1 N–H and O–H groups in total. The van der Waals surface area contributed by atoms with E-state index in [4.69, 9.17) is 9.15 Å². The fourth-order valence-corrected chi connectivity index (χ4v) is 5.45. The van der Waals surface area contributed by atoms with Gasteiger partial charge in [-0.2, -0.15) is 0 Å². The first-order chi connectivity index (χ1) is 16.1. The minimum Gasteiger partial charge on any atom is -0.463 e. The lowest BCUT2D eigenvalue weighted by molar-refractivity contribution is -0.133. The number of rotatable bonds is 7. The van der Waals surface area contributed by atoms with Crippen LogP contribution < -0.4 is 5.32 Å². The van der Waals surface area contributed by atoms with Crippen LogP contribution in [0.5, 0.6) is 0 Å². The summed E-state index contributed by atoms with van der Waals surface area (Å²) in [6, 6.07) is 7.69. The van der Waals surface area contributed by atoms with Crippen LogP contribution in [0.4, 0.5) is 0 Å². The smallest absolute Gasteiger partial charge is 0.271 e. The van der Waals surface area contributed by atoms with Crippen molar-refractivity contribution in [3.05, 3.63) is 36.2 Å². The Bertz CT molecular complexity index is 973. The number of hydrogen-bond acceptors (Lipinski definition) is 5. The van der Waals surface area contributed by atoms with E-state index in [9.17, 15) is 9.59 Å². The van der Waals surface area contributed by atoms with Crippen LogP contribution >= 0.6 is 0 Å². The number of carbonyl (C=O) groups is 2. The minimum absolute atomic E-state index is 0.0566. The number of morpholine rings is 1. The van der Waals surface area contributed by atoms with Crippen LogP contribution in [0, 0.1) is 0 Å². The van der Waals surface area contributed by atoms with Gasteiger partial charge in [0.05, 0.1) is 31.7 Å². The van der Waals surface area contributed by atoms with Gasteiger partial charge in [-0.05, 0) is 50.5 Å². The summed E-state index contributed by atoms with van der Waals surface area (Å²) < 4.78 is 13.0. The topological polar surface area (TPSA) is 80.0 Å². The Kier molecular flexibility index (Phi) is 6.29. The molecule has 1 atom stereocenters. The first-order valence-electron chi connectivity index (χ1n) is 12.2. The summed E-state index contributed by atoms with van der Waals surface area (Å²) >= 11 is 0. The average molecular weight is 455 g/mol. The molecule has 2 aromatic heterocycles. The summed E-state index contributed by atoms with van der Waals surface area (Å²) in [6.07, 6.45) is 6.77. The fourth-order valence-electron chi connectivity index (χ4n) is 5.45. The van der Waals surface area contributed by atoms with Crippen molar-refractivity contribution in [2.45, 2.75) is 57.2 Å². The zero-order chi connectivity index (χ0) is 22.8. The number of nitrogens with zero attached hydrogens (tertiary/aromatic N) is 3. The first kappa shape index (κ1) is 22.2. The Balaban J connectivity index is 1.40. The maximum Gasteiger partial charge on any atom is 0.271 e. The van der Waals surface area contributed by atoms with Crippen molar-refractivity contribution in [3.8, 4) is 11.5 Å². The predicted octanol–water partition coefficient (Wildman–Crippen LogP) is 2.74. The molecule has 2 amide bonds. The van der Waals surface area contributed by atoms with E-state index in [1.54, 1.807) is 11.2 Å². The van der Waals surface area contributed by atoms with E-state index in [1.165, 1.54) is 0 Å². The molecule has 8 heteroatoms. The molecule has 1 aliphatic carbocycles. The van der Waals surface area contributed by atoms with Gasteiger partial charge in [-0.25, -0.2) is 0 Å². The van der Waals surface area contributed by atoms with Crippen LogP contribution in [-0.2, 0) is 16.1 Å². The van der Waals surface area contributed by atoms with Crippen molar-refractivity contribution in [2.24, 2.45) is 0 Å². The predicted molar refractivity (Wildman–Crippen MR) is 124 cm³/mol. The number of aromatic nitrogens is 1. The van der Waals surface area contributed by atoms with Gasteiger partial charge >= 0.3 is 0 Å². The average Bonchev–Trinajstić information content (AvgIpc) is 3.58. The van der Waals surface area contributed by atoms with Gasteiger partial charge in [0, 0.05) is 32.2 Å². The molecule has 8 nitrogen and oxygen atoms in total. The number of carbonyl (C=O) groups excluding carboxylic acids is 2. The van der Waals surface area contributed by atoms with Crippen LogP contribution in [0.3, 0.4) is 0 Å². The lowest BCUT2D eigenvalue weighted by Gasteiger charge is -2.45. The van der Waals surface area contributed by atoms with E-state index in [-0.39, 0.29) is 17.9 Å². The molecule has 178 valence electrons. The molecule has 0 spiro atoms. The van der Waals surface area contributed by atoms with Gasteiger partial charge in [0.1, 0.15) is 17.0 Å². The summed E-state index contributed by atoms with van der Waals surface area (Å²) in [4.78, 5) is 31.5. The molecular formula is C25H34N4O4. The van der Waals surface area contributed by atoms with E-state index in [0.717, 1.165) is 70.6 Å². The lowest BCUT2D eigenvalue weighted by Crippen LogP contribution is -2.65. The van der Waals surface area contributed by atoms with Gasteiger partial charge < -0.3 is 23.9 Å². The molecule has 1 saturated carbocycles. The fraction of sp³-hybridized carbons (Fsp3) is 0.600. The van der Waals surface area contributed by atoms with Gasteiger partial charge in [-0.15, -0.1) is 0 Å². The second kappa shape index (κ2) is 9.35. The Morgan fingerprint density at radius 3 is 2.61 bits per heavy atom. The Morgan fingerprint density at radius 2 is 1.88 bits per heavy atom. The Labute approximate surface area is 194 Å². The summed E-state index contributed by atoms with van der Waals surface area (Å²) in [5.74, 6) is 0.553. The highest BCUT2D eigenvalue weighted by Gasteiger charge is 2.48. The molecule has 2 aromatic rings. The number of fused-ring (bicyclic) bond motifs is 1. The summed E-state index contributed by atoms with van der Waals surface area (Å²) in [6.45, 7) is 7.12. The molecule has 0 aromatic carbocycles. The standard InChI is InChI=1S/C25H34N4O4/c1-25(24(31)26-19-6-2-3-7-19)18-28-20(22-8-4-15-33-22)9-10-21(28)23(30)29(25)12-5-11-27-13-16-32-17-14-27/h4,8-10,15,19H,2-3,5-7,11-14,16-18H2,1H3,(H,26,31)/t25-/m1/s1. The molecule has 0 bridgehead atoms. The highest BCUT2D eigenvalue weighted by atomic mass is 16.5. The Morgan fingerprint density at radius 1 is 1.12 bits per heavy atom. The molecule has 4 heterocycles. The van der Waals surface area contributed by atoms with Crippen LogP contribution in [0.2, 0.25) is 0 Å². The molecule has 2 fully saturated rings. The highest BCUT2D eigenvalue weighted by molar-refractivity contribution is 6.00. The van der Waals surface area contributed by atoms with Crippen molar-refractivity contribution >= 4 is 11.8 Å². The van der Waals surface area contributed by atoms with E-state index >= 15 is 0 Å². The Hall–Kier alpha value is -2.58. The van der Waals surface area contributed by atoms with Crippen molar-refractivity contribution in [3.63, 3.8) is 0 Å². The third-order valence-electron chi connectivity index (χ3n) is 7.42. The highest BCUT2D eigenvalue weighted by Crippen LogP contribution is 2.34. The maximum absolute atomic E-state index is 13.7. The van der Waals surface area contributed by atoms with Gasteiger partial charge in [-0.3, -0.25) is 14.5 Å². The zero-order valence-corrected chi connectivity index (χ0v) is 19.4. The first-order valence-corrected chi connectivity index (χ1v) is 12.2. The number of nitrogens with one attached hydrogen (secondary N) is 1. The van der Waals surface area contributed by atoms with Gasteiger partial charge in [0.2, 0.25) is 5.91 Å². The summed E-state index contributed by atoms with van der Waals surface area (Å²) in [7, 11) is 0. The second-order valence-corrected chi connectivity index (χ2v) is 9.66. The molecule has 5 rings (SSSR count). The number of ether oxygens (including phenoxy) is 1. The molecule has 2 aliphatic heterocycles. The van der Waals surface area contributed by atoms with Gasteiger partial charge in [0.15, 0.2) is 0 Å². The molecule has 0 unspecified atom stereocenters. The quantitative estimate of drug-likeness (QED) is 0.696.